The molecule has 0 spiro atoms. The van der Waals surface area contributed by atoms with Crippen molar-refractivity contribution in [1.82, 2.24) is 0 Å². The van der Waals surface area contributed by atoms with Crippen LogP contribution in [0.25, 0.3) is 0 Å². The van der Waals surface area contributed by atoms with E-state index >= 15 is 0 Å². The van der Waals surface area contributed by atoms with Gasteiger partial charge in [0.1, 0.15) is 0 Å². The largest absolute Gasteiger partial charge is 0.418 e. The van der Waals surface area contributed by atoms with E-state index in [1.54, 1.807) is 0 Å². The Morgan fingerprint density at radius 2 is 1.05 bits per heavy atom. The van der Waals surface area contributed by atoms with E-state index in [4.69, 9.17) is 8.85 Å². The first-order valence-electron chi connectivity index (χ1n) is 8.00. The third-order valence-corrected chi connectivity index (χ3v) is 17.0. The van der Waals surface area contributed by atoms with Crippen LogP contribution >= 0.6 is 41.2 Å². The Kier molecular flexibility index (Phi) is 13.1. The molecule has 0 aromatic heterocycles. The molecular formula is C14H34O2S4Si2. The van der Waals surface area contributed by atoms with Crippen LogP contribution in [-0.4, -0.2) is 40.5 Å². The van der Waals surface area contributed by atoms with E-state index in [0.717, 1.165) is 0 Å². The van der Waals surface area contributed by atoms with Crippen molar-refractivity contribution in [3.05, 3.63) is 0 Å². The van der Waals surface area contributed by atoms with Gasteiger partial charge in [-0.3, -0.25) is 0 Å². The first kappa shape index (κ1) is 23.8. The fourth-order valence-electron chi connectivity index (χ4n) is 1.26. The smallest absolute Gasteiger partial charge is 0.175 e. The number of hydrogen-bond acceptors (Lipinski definition) is 6. The standard InChI is InChI=1S/C14H34O2S4Si2/c1-9-11(21-15-13(3,4)5)17-19-20-18-12(10-2)22-16-14(6,7)8/h11-12H,9-10,21-22H2,1-8H3. The van der Waals surface area contributed by atoms with Crippen LogP contribution in [0.15, 0.2) is 0 Å². The highest BCUT2D eigenvalue weighted by atomic mass is 33.7. The zero-order chi connectivity index (χ0) is 17.2. The normalized spacial score (nSPS) is 16.9. The van der Waals surface area contributed by atoms with Crippen LogP contribution in [0.2, 0.25) is 0 Å². The summed E-state index contributed by atoms with van der Waals surface area (Å²) in [6, 6.07) is 0. The van der Waals surface area contributed by atoms with E-state index in [-0.39, 0.29) is 11.2 Å². The lowest BCUT2D eigenvalue weighted by molar-refractivity contribution is 0.137. The Morgan fingerprint density at radius 3 is 1.27 bits per heavy atom. The lowest BCUT2D eigenvalue weighted by Gasteiger charge is -2.24. The predicted octanol–water partition coefficient (Wildman–Crippen LogP) is 4.93. The lowest BCUT2D eigenvalue weighted by atomic mass is 10.2. The Labute approximate surface area is 158 Å². The average Bonchev–Trinajstić information content (AvgIpc) is 2.39. The molecule has 22 heavy (non-hydrogen) atoms. The van der Waals surface area contributed by atoms with Gasteiger partial charge >= 0.3 is 0 Å². The molecule has 8 heteroatoms. The predicted molar refractivity (Wildman–Crippen MR) is 117 cm³/mol. The summed E-state index contributed by atoms with van der Waals surface area (Å²) in [5, 5.41) is 0. The van der Waals surface area contributed by atoms with E-state index in [1.165, 1.54) is 12.8 Å². The second-order valence-corrected chi connectivity index (χ2v) is 18.0. The third kappa shape index (κ3) is 15.3. The van der Waals surface area contributed by atoms with Crippen molar-refractivity contribution >= 4 is 60.8 Å². The van der Waals surface area contributed by atoms with E-state index < -0.39 is 19.5 Å². The molecule has 0 bridgehead atoms. The van der Waals surface area contributed by atoms with Crippen molar-refractivity contribution < 1.29 is 8.85 Å². The molecule has 2 nitrogen and oxygen atoms in total. The molecule has 0 rings (SSSR count). The molecule has 134 valence electrons. The van der Waals surface area contributed by atoms with Gasteiger partial charge in [-0.15, -0.1) is 0 Å². The third-order valence-electron chi connectivity index (χ3n) is 2.69. The number of hydrogen-bond donors (Lipinski definition) is 0. The summed E-state index contributed by atoms with van der Waals surface area (Å²) < 4.78 is 12.1. The summed E-state index contributed by atoms with van der Waals surface area (Å²) in [4.78, 5) is 1.42. The quantitative estimate of drug-likeness (QED) is 0.267. The lowest BCUT2D eigenvalue weighted by Crippen LogP contribution is -2.27. The molecule has 0 amide bonds. The van der Waals surface area contributed by atoms with Crippen LogP contribution in [0.1, 0.15) is 68.2 Å². The molecule has 0 N–H and O–H groups in total. The van der Waals surface area contributed by atoms with Gasteiger partial charge in [0.25, 0.3) is 0 Å². The summed E-state index contributed by atoms with van der Waals surface area (Å²) in [6.07, 6.45) is 2.43. The van der Waals surface area contributed by atoms with E-state index in [2.05, 4.69) is 55.4 Å². The Morgan fingerprint density at radius 1 is 0.727 bits per heavy atom. The molecule has 2 atom stereocenters. The Balaban J connectivity index is 3.87. The van der Waals surface area contributed by atoms with E-state index in [1.807, 2.05) is 41.2 Å². The van der Waals surface area contributed by atoms with Crippen molar-refractivity contribution in [3.63, 3.8) is 0 Å². The van der Waals surface area contributed by atoms with Crippen LogP contribution in [0.4, 0.5) is 0 Å². The van der Waals surface area contributed by atoms with Gasteiger partial charge in [0, 0.05) is 20.9 Å². The molecule has 0 fully saturated rings. The van der Waals surface area contributed by atoms with Crippen molar-refractivity contribution in [2.24, 2.45) is 0 Å². The summed E-state index contributed by atoms with van der Waals surface area (Å²) in [6.45, 7) is 17.5. The maximum Gasteiger partial charge on any atom is 0.175 e. The highest BCUT2D eigenvalue weighted by Crippen LogP contribution is 2.47. The van der Waals surface area contributed by atoms with Gasteiger partial charge in [-0.25, -0.2) is 0 Å². The van der Waals surface area contributed by atoms with Gasteiger partial charge in [-0.1, -0.05) is 35.4 Å². The summed E-state index contributed by atoms with van der Waals surface area (Å²) >= 11 is 0. The molecule has 0 aliphatic carbocycles. The minimum atomic E-state index is -0.456. The van der Waals surface area contributed by atoms with Gasteiger partial charge in [0.2, 0.25) is 0 Å². The van der Waals surface area contributed by atoms with Crippen molar-refractivity contribution in [2.45, 2.75) is 89.2 Å². The first-order valence-corrected chi connectivity index (χ1v) is 15.7. The Bertz CT molecular complexity index is 255. The minimum Gasteiger partial charge on any atom is -0.418 e. The average molecular weight is 419 g/mol. The molecule has 0 aliphatic heterocycles. The van der Waals surface area contributed by atoms with E-state index in [0.29, 0.717) is 9.75 Å². The molecule has 0 aliphatic rings. The van der Waals surface area contributed by atoms with Gasteiger partial charge in [-0.05, 0) is 74.0 Å². The SMILES string of the molecule is CCC([SiH2]OC(C)(C)C)SSSSC(CC)[SiH2]OC(C)(C)C. The monoisotopic (exact) mass is 418 g/mol. The molecule has 0 radical (unpaired) electrons. The van der Waals surface area contributed by atoms with Crippen LogP contribution < -0.4 is 0 Å². The Hall–Kier alpha value is 1.75. The van der Waals surface area contributed by atoms with Crippen LogP contribution in [-0.2, 0) is 8.85 Å². The summed E-state index contributed by atoms with van der Waals surface area (Å²) in [5.41, 5.74) is 0.0475. The fraction of sp³-hybridized carbons (Fsp3) is 1.00. The van der Waals surface area contributed by atoms with Gasteiger partial charge in [0.15, 0.2) is 19.5 Å². The minimum absolute atomic E-state index is 0.0238. The zero-order valence-corrected chi connectivity index (χ0v) is 21.5. The first-order chi connectivity index (χ1) is 10.1. The zero-order valence-electron chi connectivity index (χ0n) is 15.4. The molecule has 0 saturated heterocycles. The second kappa shape index (κ2) is 12.2. The molecule has 0 saturated carbocycles. The second-order valence-electron chi connectivity index (χ2n) is 7.24. The summed E-state index contributed by atoms with van der Waals surface area (Å²) in [5.74, 6) is 0. The van der Waals surface area contributed by atoms with Crippen LogP contribution in [0.3, 0.4) is 0 Å². The topological polar surface area (TPSA) is 18.5 Å². The van der Waals surface area contributed by atoms with Gasteiger partial charge in [-0.2, -0.15) is 0 Å². The maximum atomic E-state index is 6.03. The fourth-order valence-corrected chi connectivity index (χ4v) is 14.5. The highest BCUT2D eigenvalue weighted by Gasteiger charge is 2.18. The van der Waals surface area contributed by atoms with Crippen molar-refractivity contribution in [1.29, 1.82) is 0 Å². The molecule has 0 heterocycles. The van der Waals surface area contributed by atoms with Gasteiger partial charge < -0.3 is 8.85 Å². The van der Waals surface area contributed by atoms with E-state index in [9.17, 15) is 0 Å². The molecule has 2 unspecified atom stereocenters. The highest BCUT2D eigenvalue weighted by molar-refractivity contribution is 9.26. The molecular weight excluding hydrogens is 385 g/mol. The molecule has 0 aromatic carbocycles. The summed E-state index contributed by atoms with van der Waals surface area (Å²) in [7, 11) is 6.97. The van der Waals surface area contributed by atoms with Crippen LogP contribution in [0, 0.1) is 0 Å². The van der Waals surface area contributed by atoms with Crippen molar-refractivity contribution in [3.8, 4) is 0 Å². The maximum absolute atomic E-state index is 6.03. The molecule has 0 aromatic rings. The number of rotatable bonds is 11. The van der Waals surface area contributed by atoms with Crippen LogP contribution in [0.5, 0.6) is 0 Å². The van der Waals surface area contributed by atoms with Gasteiger partial charge in [0.05, 0.1) is 0 Å². The van der Waals surface area contributed by atoms with Crippen molar-refractivity contribution in [2.75, 3.05) is 0 Å².